The maximum Gasteiger partial charge on any atom is 0.302 e. The highest BCUT2D eigenvalue weighted by Crippen LogP contribution is 2.48. The van der Waals surface area contributed by atoms with E-state index in [4.69, 9.17) is 10.5 Å². The predicted octanol–water partition coefficient (Wildman–Crippen LogP) is 0.779. The Hall–Kier alpha value is -2.89. The summed E-state index contributed by atoms with van der Waals surface area (Å²) in [6.07, 6.45) is 0.486. The molecule has 3 atom stereocenters. The zero-order valence-corrected chi connectivity index (χ0v) is 19.3. The van der Waals surface area contributed by atoms with E-state index >= 15 is 0 Å². The van der Waals surface area contributed by atoms with Crippen molar-refractivity contribution in [1.82, 2.24) is 9.88 Å². The highest BCUT2D eigenvalue weighted by Gasteiger charge is 2.59. The molecule has 4 rings (SSSR count). The summed E-state index contributed by atoms with van der Waals surface area (Å²) in [4.78, 5) is 40.7. The van der Waals surface area contributed by atoms with E-state index in [0.717, 1.165) is 4.90 Å². The van der Waals surface area contributed by atoms with Gasteiger partial charge in [0.25, 0.3) is 11.8 Å². The zero-order valence-electron chi connectivity index (χ0n) is 18.5. The number of fused-ring (bicyclic) bond motifs is 3. The molecule has 1 aromatic heterocycles. The minimum absolute atomic E-state index is 0.0637. The standard InChI is InChI=1S/C22H25N3O7S/c1-11-8-14(10-26)22(11,23)33(30,31)15-4-5-17-16(9-15)19-18(12(2)24-17)20(28)25(21(19)29)6-7-32-13(3)27/h4-5,9,11,14,26H,6-8,10,23H2,1-3H3. The monoisotopic (exact) mass is 475 g/mol. The summed E-state index contributed by atoms with van der Waals surface area (Å²) in [6, 6.07) is 4.19. The lowest BCUT2D eigenvalue weighted by Crippen LogP contribution is -2.67. The number of esters is 1. The number of aryl methyl sites for hydroxylation is 1. The Labute approximate surface area is 190 Å². The number of imide groups is 1. The van der Waals surface area contributed by atoms with Crippen molar-refractivity contribution in [1.29, 1.82) is 0 Å². The number of carbonyl (C=O) groups is 3. The molecule has 2 aromatic rings. The van der Waals surface area contributed by atoms with Gasteiger partial charge in [0.05, 0.1) is 33.8 Å². The van der Waals surface area contributed by atoms with Crippen molar-refractivity contribution in [3.63, 3.8) is 0 Å². The third-order valence-corrected chi connectivity index (χ3v) is 9.26. The van der Waals surface area contributed by atoms with Crippen LogP contribution in [0, 0.1) is 18.8 Å². The maximum absolute atomic E-state index is 13.5. The molecule has 1 aromatic carbocycles. The van der Waals surface area contributed by atoms with E-state index in [2.05, 4.69) is 4.98 Å². The van der Waals surface area contributed by atoms with Crippen LogP contribution in [0.2, 0.25) is 0 Å². The molecule has 2 heterocycles. The SMILES string of the molecule is CC(=O)OCCN1C(=O)c2c(C)nc3ccc(S(=O)(=O)C4(N)C(C)CC4CO)cc3c2C1=O. The summed E-state index contributed by atoms with van der Waals surface area (Å²) in [5.41, 5.74) is 7.17. The van der Waals surface area contributed by atoms with E-state index in [-0.39, 0.29) is 47.1 Å². The third kappa shape index (κ3) is 3.25. The van der Waals surface area contributed by atoms with E-state index in [1.807, 2.05) is 0 Å². The fraction of sp³-hybridized carbons (Fsp3) is 0.455. The lowest BCUT2D eigenvalue weighted by atomic mass is 9.71. The second kappa shape index (κ2) is 7.86. The van der Waals surface area contributed by atoms with Crippen LogP contribution in [0.25, 0.3) is 10.9 Å². The fourth-order valence-corrected chi connectivity index (χ4v) is 6.97. The minimum Gasteiger partial charge on any atom is -0.464 e. The molecule has 33 heavy (non-hydrogen) atoms. The number of aromatic nitrogens is 1. The number of nitrogens with two attached hydrogens (primary N) is 1. The van der Waals surface area contributed by atoms with Crippen molar-refractivity contribution >= 4 is 38.5 Å². The summed E-state index contributed by atoms with van der Waals surface area (Å²) in [7, 11) is -4.08. The third-order valence-electron chi connectivity index (χ3n) is 6.72. The lowest BCUT2D eigenvalue weighted by molar-refractivity contribution is -0.141. The summed E-state index contributed by atoms with van der Waals surface area (Å²) >= 11 is 0. The molecular weight excluding hydrogens is 450 g/mol. The first-order valence-electron chi connectivity index (χ1n) is 10.5. The summed E-state index contributed by atoms with van der Waals surface area (Å²) in [5, 5.41) is 9.83. The number of hydrogen-bond donors (Lipinski definition) is 2. The molecule has 1 aliphatic carbocycles. The number of ether oxygens (including phenoxy) is 1. The van der Waals surface area contributed by atoms with Gasteiger partial charge >= 0.3 is 5.97 Å². The van der Waals surface area contributed by atoms with E-state index in [1.54, 1.807) is 13.8 Å². The van der Waals surface area contributed by atoms with Gasteiger partial charge in [-0.3, -0.25) is 24.3 Å². The Morgan fingerprint density at radius 1 is 1.30 bits per heavy atom. The molecule has 2 amide bonds. The smallest absolute Gasteiger partial charge is 0.302 e. The van der Waals surface area contributed by atoms with Gasteiger partial charge in [-0.25, -0.2) is 8.42 Å². The Morgan fingerprint density at radius 2 is 1.97 bits per heavy atom. The number of pyridine rings is 1. The number of benzene rings is 1. The van der Waals surface area contributed by atoms with Gasteiger partial charge in [-0.15, -0.1) is 0 Å². The molecular formula is C22H25N3O7S. The van der Waals surface area contributed by atoms with E-state index in [1.165, 1.54) is 25.1 Å². The highest BCUT2D eigenvalue weighted by atomic mass is 32.2. The Bertz CT molecular complexity index is 1310. The molecule has 1 saturated carbocycles. The maximum atomic E-state index is 13.5. The minimum atomic E-state index is -4.08. The molecule has 0 saturated heterocycles. The van der Waals surface area contributed by atoms with Crippen LogP contribution >= 0.6 is 0 Å². The van der Waals surface area contributed by atoms with Gasteiger partial charge in [0, 0.05) is 24.8 Å². The first-order valence-corrected chi connectivity index (χ1v) is 12.0. The second-order valence-electron chi connectivity index (χ2n) is 8.60. The number of nitrogens with zero attached hydrogens (tertiary/aromatic N) is 2. The molecule has 1 fully saturated rings. The van der Waals surface area contributed by atoms with Crippen LogP contribution in [0.1, 0.15) is 46.7 Å². The number of sulfone groups is 1. The van der Waals surface area contributed by atoms with Gasteiger partial charge < -0.3 is 15.6 Å². The van der Waals surface area contributed by atoms with Crippen molar-refractivity contribution in [2.75, 3.05) is 19.8 Å². The quantitative estimate of drug-likeness (QED) is 0.455. The Kier molecular flexibility index (Phi) is 5.54. The largest absolute Gasteiger partial charge is 0.464 e. The summed E-state index contributed by atoms with van der Waals surface area (Å²) in [5.74, 6) is -2.69. The Balaban J connectivity index is 1.82. The molecule has 3 unspecified atom stereocenters. The van der Waals surface area contributed by atoms with E-state index in [9.17, 15) is 27.9 Å². The van der Waals surface area contributed by atoms with Gasteiger partial charge in [-0.2, -0.15) is 0 Å². The van der Waals surface area contributed by atoms with Gasteiger partial charge in [-0.05, 0) is 37.5 Å². The first kappa shape index (κ1) is 23.3. The van der Waals surface area contributed by atoms with Crippen LogP contribution in [0.3, 0.4) is 0 Å². The summed E-state index contributed by atoms with van der Waals surface area (Å²) in [6.45, 7) is 3.90. The number of hydrogen-bond acceptors (Lipinski definition) is 9. The predicted molar refractivity (Wildman–Crippen MR) is 117 cm³/mol. The number of aliphatic hydroxyl groups is 1. The first-order chi connectivity index (χ1) is 15.4. The second-order valence-corrected chi connectivity index (χ2v) is 10.8. The normalized spacial score (nSPS) is 24.7. The molecule has 1 aliphatic heterocycles. The lowest BCUT2D eigenvalue weighted by Gasteiger charge is -2.50. The van der Waals surface area contributed by atoms with Gasteiger partial charge in [0.2, 0.25) is 0 Å². The van der Waals surface area contributed by atoms with Crippen LogP contribution in [0.5, 0.6) is 0 Å². The van der Waals surface area contributed by atoms with Gasteiger partial charge in [0.1, 0.15) is 11.5 Å². The van der Waals surface area contributed by atoms with E-state index in [0.29, 0.717) is 17.6 Å². The van der Waals surface area contributed by atoms with Crippen molar-refractivity contribution in [3.05, 3.63) is 35.0 Å². The van der Waals surface area contributed by atoms with E-state index < -0.39 is 38.4 Å². The van der Waals surface area contributed by atoms with Crippen LogP contribution in [-0.2, 0) is 19.4 Å². The van der Waals surface area contributed by atoms with Crippen molar-refractivity contribution in [2.45, 2.75) is 37.0 Å². The topological polar surface area (TPSA) is 157 Å². The highest BCUT2D eigenvalue weighted by molar-refractivity contribution is 7.92. The zero-order chi connectivity index (χ0) is 24.3. The van der Waals surface area contributed by atoms with Crippen molar-refractivity contribution in [3.8, 4) is 0 Å². The summed E-state index contributed by atoms with van der Waals surface area (Å²) < 4.78 is 31.8. The Morgan fingerprint density at radius 3 is 2.58 bits per heavy atom. The molecule has 176 valence electrons. The molecule has 0 bridgehead atoms. The average Bonchev–Trinajstić information content (AvgIpc) is 3.01. The van der Waals surface area contributed by atoms with Gasteiger partial charge in [-0.1, -0.05) is 6.92 Å². The van der Waals surface area contributed by atoms with Crippen LogP contribution in [-0.4, -0.2) is 65.8 Å². The molecule has 3 N–H and O–H groups in total. The van der Waals surface area contributed by atoms with Crippen molar-refractivity contribution in [2.24, 2.45) is 17.6 Å². The van der Waals surface area contributed by atoms with Crippen LogP contribution < -0.4 is 5.73 Å². The molecule has 10 nitrogen and oxygen atoms in total. The number of amides is 2. The van der Waals surface area contributed by atoms with Crippen molar-refractivity contribution < 1.29 is 32.6 Å². The number of rotatable bonds is 6. The molecule has 2 aliphatic rings. The number of aliphatic hydroxyl groups excluding tert-OH is 1. The molecule has 0 spiro atoms. The van der Waals surface area contributed by atoms with Gasteiger partial charge in [0.15, 0.2) is 9.84 Å². The van der Waals surface area contributed by atoms with Crippen LogP contribution in [0.4, 0.5) is 0 Å². The number of carbonyl (C=O) groups excluding carboxylic acids is 3. The average molecular weight is 476 g/mol. The fourth-order valence-electron chi connectivity index (χ4n) is 4.80. The van der Waals surface area contributed by atoms with Crippen LogP contribution in [0.15, 0.2) is 23.1 Å². The molecule has 11 heteroatoms. The molecule has 0 radical (unpaired) electrons.